The highest BCUT2D eigenvalue weighted by atomic mass is 31.2. The molecule has 0 saturated carbocycles. The molecule has 0 fully saturated rings. The predicted molar refractivity (Wildman–Crippen MR) is 236 cm³/mol. The molecule has 0 aliphatic carbocycles. The summed E-state index contributed by atoms with van der Waals surface area (Å²) in [6.45, 7) is 19.2. The molecule has 0 spiro atoms. The molecule has 2 N–H and O–H groups in total. The number of carbonyl (C=O) groups excluding carboxylic acids is 1. The smallest absolute Gasteiger partial charge is 0.330 e. The Morgan fingerprint density at radius 1 is 0.759 bits per heavy atom. The maximum Gasteiger partial charge on any atom is 0.330 e. The maximum absolute atomic E-state index is 13.5. The molecule has 0 saturated heterocycles. The topological polar surface area (TPSA) is 149 Å². The zero-order valence-corrected chi connectivity index (χ0v) is 38.3. The van der Waals surface area contributed by atoms with Gasteiger partial charge in [-0.15, -0.1) is 0 Å². The number of nitrogens with one attached hydrogen (secondary N) is 2. The van der Waals surface area contributed by atoms with Gasteiger partial charge in [0.05, 0.1) is 50.1 Å². The Morgan fingerprint density at radius 2 is 1.36 bits per heavy atom. The van der Waals surface area contributed by atoms with Gasteiger partial charge in [-0.25, -0.2) is 4.98 Å². The lowest BCUT2D eigenvalue weighted by molar-refractivity contribution is -0.130. The van der Waals surface area contributed by atoms with Crippen molar-refractivity contribution in [1.82, 2.24) is 24.8 Å². The molecule has 58 heavy (non-hydrogen) atoms. The van der Waals surface area contributed by atoms with E-state index in [4.69, 9.17) is 28.1 Å². The Bertz CT molecular complexity index is 2240. The van der Waals surface area contributed by atoms with Gasteiger partial charge in [-0.1, -0.05) is 13.8 Å². The summed E-state index contributed by atoms with van der Waals surface area (Å²) < 4.78 is 49.5. The van der Waals surface area contributed by atoms with Crippen LogP contribution in [0.25, 0.3) is 33.2 Å². The number of H-pyrrole nitrogens is 2. The van der Waals surface area contributed by atoms with Crippen LogP contribution in [0.4, 0.5) is 0 Å². The molecule has 2 aliphatic heterocycles. The number of nitrogens with zero attached hydrogens (tertiary/aromatic N) is 3. The zero-order chi connectivity index (χ0) is 42.4. The zero-order valence-electron chi connectivity index (χ0n) is 36.5. The molecule has 5 rings (SSSR count). The third kappa shape index (κ3) is 10.1. The molecule has 0 radical (unpaired) electrons. The summed E-state index contributed by atoms with van der Waals surface area (Å²) in [7, 11) is -2.87. The van der Waals surface area contributed by atoms with Crippen LogP contribution in [0, 0.1) is 13.8 Å². The van der Waals surface area contributed by atoms with Crippen LogP contribution in [-0.4, -0.2) is 83.6 Å². The van der Waals surface area contributed by atoms with Crippen LogP contribution in [0.2, 0.25) is 0 Å². The quantitative estimate of drug-likeness (QED) is 0.113. The van der Waals surface area contributed by atoms with Gasteiger partial charge in [0.25, 0.3) is 0 Å². The Hall–Kier alpha value is -3.37. The third-order valence-corrected chi connectivity index (χ3v) is 15.8. The van der Waals surface area contributed by atoms with E-state index in [0.29, 0.717) is 64.7 Å². The third-order valence-electron chi connectivity index (χ3n) is 11.5. The SMILES string of the molecule is CCOP(=O)(CCCC1=C(C)c2cc3nc(cc4cc(C)c(cc5[nH]c(cc1n2)c(CCCP(=O)(OCC)OCC)c5C)[nH]4)[C@@](C)(CC(=O)N(C)C)[C@H]3CC)OCC. The number of aromatic nitrogens is 4. The van der Waals surface area contributed by atoms with Crippen LogP contribution in [0.1, 0.15) is 126 Å². The summed E-state index contributed by atoms with van der Waals surface area (Å²) in [6.07, 6.45) is 4.14. The maximum atomic E-state index is 13.5. The summed E-state index contributed by atoms with van der Waals surface area (Å²) in [5.74, 6) is 0.0241. The summed E-state index contributed by atoms with van der Waals surface area (Å²) in [5, 5.41) is 0. The molecule has 0 unspecified atom stereocenters. The Labute approximate surface area is 345 Å². The van der Waals surface area contributed by atoms with Gasteiger partial charge in [-0.05, 0) is 139 Å². The molecule has 2 aliphatic rings. The molecule has 3 aromatic rings. The van der Waals surface area contributed by atoms with Gasteiger partial charge >= 0.3 is 15.2 Å². The van der Waals surface area contributed by atoms with E-state index in [1.807, 2.05) is 27.7 Å². The molecule has 0 aromatic carbocycles. The van der Waals surface area contributed by atoms with Gasteiger partial charge in [0, 0.05) is 65.3 Å². The minimum atomic E-state index is -3.25. The van der Waals surface area contributed by atoms with Crippen LogP contribution in [0.15, 0.2) is 30.3 Å². The van der Waals surface area contributed by atoms with E-state index in [0.717, 1.165) is 79.1 Å². The molecule has 3 aromatic heterocycles. The molecule has 5 heterocycles. The van der Waals surface area contributed by atoms with E-state index >= 15 is 0 Å². The van der Waals surface area contributed by atoms with Crippen molar-refractivity contribution < 1.29 is 32.0 Å². The molecule has 1 amide bonds. The Morgan fingerprint density at radius 3 is 1.93 bits per heavy atom. The second kappa shape index (κ2) is 19.3. The van der Waals surface area contributed by atoms with Crippen LogP contribution in [0.5, 0.6) is 0 Å². The monoisotopic (exact) mass is 837 g/mol. The van der Waals surface area contributed by atoms with Crippen LogP contribution in [0.3, 0.4) is 0 Å². The molecular formula is C44H65N5O7P2. The first kappa shape index (κ1) is 45.7. The van der Waals surface area contributed by atoms with E-state index in [-0.39, 0.29) is 18.0 Å². The number of aromatic amines is 2. The van der Waals surface area contributed by atoms with Gasteiger partial charge in [-0.2, -0.15) is 0 Å². The highest BCUT2D eigenvalue weighted by molar-refractivity contribution is 7.54. The molecule has 8 bridgehead atoms. The number of fused-ring (bicyclic) bond motifs is 8. The summed E-state index contributed by atoms with van der Waals surface area (Å²) in [4.78, 5) is 33.0. The number of amides is 1. The van der Waals surface area contributed by atoms with E-state index in [9.17, 15) is 13.9 Å². The summed E-state index contributed by atoms with van der Waals surface area (Å²) in [5.41, 5.74) is 11.9. The lowest BCUT2D eigenvalue weighted by atomic mass is 9.71. The fourth-order valence-corrected chi connectivity index (χ4v) is 11.7. The first-order valence-electron chi connectivity index (χ1n) is 20.9. The van der Waals surface area contributed by atoms with Crippen LogP contribution in [-0.2, 0) is 43.9 Å². The number of hydrogen-bond acceptors (Lipinski definition) is 9. The lowest BCUT2D eigenvalue weighted by Crippen LogP contribution is -2.34. The average Bonchev–Trinajstić information content (AvgIpc) is 3.82. The average molecular weight is 838 g/mol. The minimum absolute atomic E-state index is 0.0279. The molecular weight excluding hydrogens is 772 g/mol. The summed E-state index contributed by atoms with van der Waals surface area (Å²) in [6, 6.07) is 10.6. The molecule has 14 heteroatoms. The standard InChI is InChI=1S/C44H65N5O7P2/c1-12-35-41-26-38-31(8)34(20-18-22-58(52,55-15-4)56-16-5)40(47-38)27-39-33(19-17-21-57(51,53-13-2)54-14-3)30(7)37(46-39)25-36-29(6)23-32(45-36)24-42(48-41)44(35,9)28-43(50)49(10)11/h23-27,35,45-46H,12-22,28H2,1-11H3/t35-,44-/m0/s1. The predicted octanol–water partition coefficient (Wildman–Crippen LogP) is 11.0. The second-order valence-corrected chi connectivity index (χ2v) is 20.1. The normalized spacial score (nSPS) is 17.3. The van der Waals surface area contributed by atoms with Gasteiger partial charge in [0.15, 0.2) is 0 Å². The van der Waals surface area contributed by atoms with Crippen LogP contribution < -0.4 is 0 Å². The molecule has 318 valence electrons. The van der Waals surface area contributed by atoms with Gasteiger partial charge in [0.1, 0.15) is 0 Å². The van der Waals surface area contributed by atoms with Crippen molar-refractivity contribution in [3.63, 3.8) is 0 Å². The Kier molecular flexibility index (Phi) is 15.2. The van der Waals surface area contributed by atoms with Crippen molar-refractivity contribution in [1.29, 1.82) is 0 Å². The first-order valence-corrected chi connectivity index (χ1v) is 24.4. The summed E-state index contributed by atoms with van der Waals surface area (Å²) >= 11 is 0. The van der Waals surface area contributed by atoms with E-state index in [1.165, 1.54) is 0 Å². The highest BCUT2D eigenvalue weighted by Gasteiger charge is 2.44. The molecule has 12 nitrogen and oxygen atoms in total. The van der Waals surface area contributed by atoms with E-state index < -0.39 is 20.6 Å². The molecule has 2 atom stereocenters. The van der Waals surface area contributed by atoms with Crippen molar-refractivity contribution in [3.05, 3.63) is 69.8 Å². The van der Waals surface area contributed by atoms with Crippen molar-refractivity contribution in [2.75, 3.05) is 52.8 Å². The number of carbonyl (C=O) groups is 1. The number of rotatable bonds is 19. The minimum Gasteiger partial charge on any atom is -0.355 e. The number of aryl methyl sites for hydroxylation is 3. The lowest BCUT2D eigenvalue weighted by Gasteiger charge is -2.31. The first-order chi connectivity index (χ1) is 27.5. The van der Waals surface area contributed by atoms with Crippen molar-refractivity contribution >= 4 is 54.3 Å². The van der Waals surface area contributed by atoms with E-state index in [2.05, 4.69) is 74.9 Å². The van der Waals surface area contributed by atoms with Gasteiger partial charge < -0.3 is 33.0 Å². The van der Waals surface area contributed by atoms with Crippen molar-refractivity contribution in [3.8, 4) is 0 Å². The fraction of sp³-hybridized carbons (Fsp3) is 0.568. The Balaban J connectivity index is 1.76. The second-order valence-electron chi connectivity index (χ2n) is 15.8. The fourth-order valence-electron chi connectivity index (χ4n) is 8.41. The van der Waals surface area contributed by atoms with Gasteiger partial charge in [-0.3, -0.25) is 18.9 Å². The van der Waals surface area contributed by atoms with E-state index in [1.54, 1.807) is 19.0 Å². The number of hydrogen-bond donors (Lipinski definition) is 2. The highest BCUT2D eigenvalue weighted by Crippen LogP contribution is 2.51. The van der Waals surface area contributed by atoms with Crippen molar-refractivity contribution in [2.45, 2.75) is 112 Å². The van der Waals surface area contributed by atoms with Crippen molar-refractivity contribution in [2.24, 2.45) is 0 Å². The van der Waals surface area contributed by atoms with Crippen LogP contribution >= 0.6 is 15.2 Å². The number of allylic oxidation sites excluding steroid dienone is 2. The largest absolute Gasteiger partial charge is 0.355 e. The van der Waals surface area contributed by atoms with Gasteiger partial charge in [0.2, 0.25) is 5.91 Å².